The Morgan fingerprint density at radius 2 is 1.58 bits per heavy atom. The van der Waals surface area contributed by atoms with Gasteiger partial charge in [-0.15, -0.1) is 0 Å². The van der Waals surface area contributed by atoms with E-state index >= 15 is 0 Å². The number of benzene rings is 1. The summed E-state index contributed by atoms with van der Waals surface area (Å²) in [5.41, 5.74) is 12.8. The first-order valence-electron chi connectivity index (χ1n) is 6.79. The molecule has 0 saturated heterocycles. The second kappa shape index (κ2) is 5.22. The van der Waals surface area contributed by atoms with Crippen LogP contribution in [-0.4, -0.2) is 0 Å². The van der Waals surface area contributed by atoms with E-state index in [2.05, 4.69) is 39.0 Å². The van der Waals surface area contributed by atoms with Crippen molar-refractivity contribution in [2.75, 3.05) is 0 Å². The maximum atomic E-state index is 6.42. The van der Waals surface area contributed by atoms with Crippen LogP contribution >= 0.6 is 0 Å². The van der Waals surface area contributed by atoms with E-state index in [4.69, 9.17) is 10.2 Å². The summed E-state index contributed by atoms with van der Waals surface area (Å²) < 4.78 is 5.68. The van der Waals surface area contributed by atoms with Crippen molar-refractivity contribution in [3.05, 3.63) is 57.5 Å². The van der Waals surface area contributed by atoms with E-state index in [0.29, 0.717) is 0 Å². The standard InChI is InChI=1S/C17H23NO/c1-10-7-6-8-11(2)15(10)9-16(18)17-12(3)13(4)19-14(17)5/h6-8,16H,9,18H2,1-5H3. The highest BCUT2D eigenvalue weighted by Gasteiger charge is 2.19. The molecular formula is C17H23NO. The predicted octanol–water partition coefficient (Wildman–Crippen LogP) is 4.06. The molecule has 1 heterocycles. The molecule has 102 valence electrons. The number of hydrogen-bond donors (Lipinski definition) is 1. The lowest BCUT2D eigenvalue weighted by atomic mass is 9.92. The Morgan fingerprint density at radius 1 is 1.00 bits per heavy atom. The molecule has 0 fully saturated rings. The Kier molecular flexibility index (Phi) is 3.81. The quantitative estimate of drug-likeness (QED) is 0.900. The SMILES string of the molecule is Cc1cccc(C)c1CC(N)c1c(C)oc(C)c1C. The van der Waals surface area contributed by atoms with E-state index in [9.17, 15) is 0 Å². The Bertz CT molecular complexity index is 575. The van der Waals surface area contributed by atoms with Gasteiger partial charge >= 0.3 is 0 Å². The van der Waals surface area contributed by atoms with Gasteiger partial charge in [-0.2, -0.15) is 0 Å². The van der Waals surface area contributed by atoms with E-state index in [1.165, 1.54) is 27.8 Å². The average molecular weight is 257 g/mol. The Labute approximate surface area is 115 Å². The van der Waals surface area contributed by atoms with Crippen LogP contribution in [-0.2, 0) is 6.42 Å². The third-order valence-electron chi connectivity index (χ3n) is 4.06. The molecule has 19 heavy (non-hydrogen) atoms. The summed E-state index contributed by atoms with van der Waals surface area (Å²) in [5, 5.41) is 0. The molecule has 2 rings (SSSR count). The van der Waals surface area contributed by atoms with Gasteiger partial charge in [0, 0.05) is 11.6 Å². The van der Waals surface area contributed by atoms with Gasteiger partial charge in [-0.3, -0.25) is 0 Å². The molecule has 0 aliphatic rings. The van der Waals surface area contributed by atoms with Gasteiger partial charge in [-0.05, 0) is 63.3 Å². The molecule has 2 nitrogen and oxygen atoms in total. The zero-order chi connectivity index (χ0) is 14.2. The first kappa shape index (κ1) is 13.9. The fraction of sp³-hybridized carbons (Fsp3) is 0.412. The van der Waals surface area contributed by atoms with Crippen LogP contribution in [0.25, 0.3) is 0 Å². The monoisotopic (exact) mass is 257 g/mol. The van der Waals surface area contributed by atoms with Gasteiger partial charge < -0.3 is 10.2 Å². The minimum atomic E-state index is -0.00255. The normalized spacial score (nSPS) is 12.7. The predicted molar refractivity (Wildman–Crippen MR) is 79.5 cm³/mol. The highest BCUT2D eigenvalue weighted by atomic mass is 16.3. The maximum absolute atomic E-state index is 6.42. The molecule has 1 aromatic carbocycles. The molecule has 0 spiro atoms. The summed E-state index contributed by atoms with van der Waals surface area (Å²) in [4.78, 5) is 0. The largest absolute Gasteiger partial charge is 0.466 e. The molecule has 2 aromatic rings. The van der Waals surface area contributed by atoms with Gasteiger partial charge in [-0.1, -0.05) is 18.2 Å². The zero-order valence-electron chi connectivity index (χ0n) is 12.5. The lowest BCUT2D eigenvalue weighted by Gasteiger charge is -2.16. The molecule has 1 unspecified atom stereocenters. The van der Waals surface area contributed by atoms with Crippen LogP contribution in [0.5, 0.6) is 0 Å². The summed E-state index contributed by atoms with van der Waals surface area (Å²) in [7, 11) is 0. The second-order valence-corrected chi connectivity index (χ2v) is 5.43. The molecule has 0 radical (unpaired) electrons. The Balaban J connectivity index is 2.33. The van der Waals surface area contributed by atoms with Crippen molar-refractivity contribution in [3.8, 4) is 0 Å². The number of hydrogen-bond acceptors (Lipinski definition) is 2. The van der Waals surface area contributed by atoms with Crippen LogP contribution in [0.1, 0.15) is 45.4 Å². The fourth-order valence-electron chi connectivity index (χ4n) is 2.85. The van der Waals surface area contributed by atoms with Gasteiger partial charge in [0.25, 0.3) is 0 Å². The topological polar surface area (TPSA) is 39.2 Å². The molecule has 0 aliphatic heterocycles. The zero-order valence-corrected chi connectivity index (χ0v) is 12.5. The van der Waals surface area contributed by atoms with Crippen molar-refractivity contribution in [3.63, 3.8) is 0 Å². The maximum Gasteiger partial charge on any atom is 0.106 e. The first-order chi connectivity index (χ1) is 8.91. The molecule has 0 saturated carbocycles. The molecule has 0 amide bonds. The lowest BCUT2D eigenvalue weighted by molar-refractivity contribution is 0.496. The molecular weight excluding hydrogens is 234 g/mol. The average Bonchev–Trinajstić information content (AvgIpc) is 2.58. The lowest BCUT2D eigenvalue weighted by Crippen LogP contribution is -2.16. The van der Waals surface area contributed by atoms with E-state index in [-0.39, 0.29) is 6.04 Å². The minimum absolute atomic E-state index is 0.00255. The molecule has 1 atom stereocenters. The van der Waals surface area contributed by atoms with Crippen molar-refractivity contribution in [2.45, 2.75) is 47.1 Å². The van der Waals surface area contributed by atoms with Gasteiger partial charge in [-0.25, -0.2) is 0 Å². The summed E-state index contributed by atoms with van der Waals surface area (Å²) in [6, 6.07) is 6.39. The van der Waals surface area contributed by atoms with E-state index in [0.717, 1.165) is 17.9 Å². The number of furan rings is 1. The van der Waals surface area contributed by atoms with Crippen LogP contribution in [0.15, 0.2) is 22.6 Å². The number of aryl methyl sites for hydroxylation is 4. The van der Waals surface area contributed by atoms with Crippen molar-refractivity contribution in [2.24, 2.45) is 5.73 Å². The highest BCUT2D eigenvalue weighted by Crippen LogP contribution is 2.29. The van der Waals surface area contributed by atoms with Crippen LogP contribution in [0, 0.1) is 34.6 Å². The van der Waals surface area contributed by atoms with Crippen LogP contribution in [0.4, 0.5) is 0 Å². The molecule has 2 N–H and O–H groups in total. The van der Waals surface area contributed by atoms with Gasteiger partial charge in [0.05, 0.1) is 0 Å². The Hall–Kier alpha value is -1.54. The second-order valence-electron chi connectivity index (χ2n) is 5.43. The van der Waals surface area contributed by atoms with Crippen LogP contribution in [0.2, 0.25) is 0 Å². The minimum Gasteiger partial charge on any atom is -0.466 e. The summed E-state index contributed by atoms with van der Waals surface area (Å²) in [6.07, 6.45) is 0.860. The Morgan fingerprint density at radius 3 is 2.05 bits per heavy atom. The van der Waals surface area contributed by atoms with Crippen molar-refractivity contribution in [1.82, 2.24) is 0 Å². The third-order valence-corrected chi connectivity index (χ3v) is 4.06. The van der Waals surface area contributed by atoms with Crippen molar-refractivity contribution < 1.29 is 4.42 Å². The molecule has 0 bridgehead atoms. The van der Waals surface area contributed by atoms with Crippen molar-refractivity contribution >= 4 is 0 Å². The van der Waals surface area contributed by atoms with Gasteiger partial charge in [0.15, 0.2) is 0 Å². The number of rotatable bonds is 3. The third kappa shape index (κ3) is 2.59. The van der Waals surface area contributed by atoms with Gasteiger partial charge in [0.1, 0.15) is 11.5 Å². The molecule has 0 aliphatic carbocycles. The summed E-state index contributed by atoms with van der Waals surface area (Å²) in [5.74, 6) is 1.93. The highest BCUT2D eigenvalue weighted by molar-refractivity contribution is 5.39. The fourth-order valence-corrected chi connectivity index (χ4v) is 2.85. The van der Waals surface area contributed by atoms with E-state index in [1.54, 1.807) is 0 Å². The number of nitrogens with two attached hydrogens (primary N) is 1. The summed E-state index contributed by atoms with van der Waals surface area (Å²) in [6.45, 7) is 10.4. The van der Waals surface area contributed by atoms with E-state index < -0.39 is 0 Å². The molecule has 2 heteroatoms. The van der Waals surface area contributed by atoms with E-state index in [1.807, 2.05) is 13.8 Å². The molecule has 1 aromatic heterocycles. The first-order valence-corrected chi connectivity index (χ1v) is 6.79. The van der Waals surface area contributed by atoms with Crippen LogP contribution in [0.3, 0.4) is 0 Å². The van der Waals surface area contributed by atoms with Crippen LogP contribution < -0.4 is 5.73 Å². The van der Waals surface area contributed by atoms with Gasteiger partial charge in [0.2, 0.25) is 0 Å². The smallest absolute Gasteiger partial charge is 0.106 e. The van der Waals surface area contributed by atoms with Crippen molar-refractivity contribution in [1.29, 1.82) is 0 Å². The summed E-state index contributed by atoms with van der Waals surface area (Å²) >= 11 is 0.